The minimum Gasteiger partial charge on any atom is -0.465 e. The lowest BCUT2D eigenvalue weighted by atomic mass is 10.1. The van der Waals surface area contributed by atoms with Gasteiger partial charge in [0.2, 0.25) is 10.0 Å². The fraction of sp³-hybridized carbons (Fsp3) is 0.333. The van der Waals surface area contributed by atoms with Gasteiger partial charge in [0.1, 0.15) is 5.82 Å². The Morgan fingerprint density at radius 3 is 2.48 bits per heavy atom. The van der Waals surface area contributed by atoms with Crippen LogP contribution in [0.25, 0.3) is 16.7 Å². The van der Waals surface area contributed by atoms with E-state index in [-0.39, 0.29) is 5.97 Å². The van der Waals surface area contributed by atoms with Gasteiger partial charge in [-0.15, -0.1) is 0 Å². The molecule has 0 aliphatic rings. The van der Waals surface area contributed by atoms with Crippen LogP contribution >= 0.6 is 0 Å². The minimum atomic E-state index is -3.34. The number of ether oxygens (including phenoxy) is 1. The van der Waals surface area contributed by atoms with E-state index in [1.165, 1.54) is 0 Å². The minimum absolute atomic E-state index is 0.191. The van der Waals surface area contributed by atoms with Crippen LogP contribution in [0.2, 0.25) is 0 Å². The number of benzene rings is 2. The van der Waals surface area contributed by atoms with E-state index in [0.29, 0.717) is 25.1 Å². The highest BCUT2D eigenvalue weighted by Crippen LogP contribution is 2.25. The van der Waals surface area contributed by atoms with Gasteiger partial charge in [0.15, 0.2) is 0 Å². The number of anilines is 1. The van der Waals surface area contributed by atoms with E-state index in [1.54, 1.807) is 19.1 Å². The molecule has 1 aromatic heterocycles. The molecule has 2 aromatic carbocycles. The maximum atomic E-state index is 11.5. The molecule has 0 atom stereocenters. The molecule has 0 saturated heterocycles. The van der Waals surface area contributed by atoms with Crippen LogP contribution in [0.4, 0.5) is 5.69 Å². The molecule has 8 heteroatoms. The third kappa shape index (κ3) is 5.14. The molecule has 0 amide bonds. The van der Waals surface area contributed by atoms with Crippen molar-refractivity contribution in [2.45, 2.75) is 33.1 Å². The van der Waals surface area contributed by atoms with Crippen molar-refractivity contribution >= 4 is 32.7 Å². The fourth-order valence-electron chi connectivity index (χ4n) is 3.13. The highest BCUT2D eigenvalue weighted by Gasteiger charge is 2.13. The first-order valence-electron chi connectivity index (χ1n) is 9.54. The van der Waals surface area contributed by atoms with E-state index >= 15 is 0 Å². The van der Waals surface area contributed by atoms with E-state index in [2.05, 4.69) is 14.3 Å². The number of nitrogens with zero attached hydrogens (tertiary/aromatic N) is 2. The van der Waals surface area contributed by atoms with Gasteiger partial charge in [0, 0.05) is 24.9 Å². The second-order valence-corrected chi connectivity index (χ2v) is 8.53. The van der Waals surface area contributed by atoms with Crippen LogP contribution in [0.5, 0.6) is 0 Å². The first kappa shape index (κ1) is 20.9. The Morgan fingerprint density at radius 2 is 1.86 bits per heavy atom. The number of imidazole rings is 1. The number of hydrogen-bond donors (Lipinski definition) is 1. The SMILES string of the molecule is CCC(=O)OCCc1ccc(-n2c(CC)nc3cc(NS(C)(=O)=O)ccc32)cc1. The molecule has 3 aromatic rings. The molecule has 0 fully saturated rings. The van der Waals surface area contributed by atoms with Crippen LogP contribution < -0.4 is 4.72 Å². The first-order chi connectivity index (χ1) is 13.8. The quantitative estimate of drug-likeness (QED) is 0.569. The normalized spacial score (nSPS) is 11.6. The van der Waals surface area contributed by atoms with Gasteiger partial charge in [-0.2, -0.15) is 0 Å². The van der Waals surface area contributed by atoms with Crippen LogP contribution in [-0.2, 0) is 32.4 Å². The molecule has 0 saturated carbocycles. The fourth-order valence-corrected chi connectivity index (χ4v) is 3.68. The largest absolute Gasteiger partial charge is 0.465 e. The number of carbonyl (C=O) groups excluding carboxylic acids is 1. The molecule has 154 valence electrons. The number of rotatable bonds is 8. The zero-order valence-corrected chi connectivity index (χ0v) is 17.6. The van der Waals surface area contributed by atoms with Crippen LogP contribution in [0.3, 0.4) is 0 Å². The Balaban J connectivity index is 1.87. The Kier molecular flexibility index (Phi) is 6.22. The summed E-state index contributed by atoms with van der Waals surface area (Å²) in [6, 6.07) is 13.4. The van der Waals surface area contributed by atoms with Crippen molar-refractivity contribution in [3.05, 3.63) is 53.9 Å². The second kappa shape index (κ2) is 8.65. The topological polar surface area (TPSA) is 90.3 Å². The monoisotopic (exact) mass is 415 g/mol. The zero-order chi connectivity index (χ0) is 21.0. The van der Waals surface area contributed by atoms with Crippen molar-refractivity contribution in [2.75, 3.05) is 17.6 Å². The third-order valence-electron chi connectivity index (χ3n) is 4.48. The molecule has 29 heavy (non-hydrogen) atoms. The molecular weight excluding hydrogens is 390 g/mol. The Hall–Kier alpha value is -2.87. The Labute approximate surface area is 170 Å². The summed E-state index contributed by atoms with van der Waals surface area (Å²) >= 11 is 0. The van der Waals surface area contributed by atoms with E-state index in [0.717, 1.165) is 40.8 Å². The van der Waals surface area contributed by atoms with Crippen molar-refractivity contribution in [1.82, 2.24) is 9.55 Å². The number of esters is 1. The molecular formula is C21H25N3O4S. The van der Waals surface area contributed by atoms with Crippen LogP contribution in [0.15, 0.2) is 42.5 Å². The van der Waals surface area contributed by atoms with Crippen LogP contribution in [0, 0.1) is 0 Å². The Morgan fingerprint density at radius 1 is 1.14 bits per heavy atom. The van der Waals surface area contributed by atoms with Gasteiger partial charge in [0.05, 0.1) is 29.6 Å². The highest BCUT2D eigenvalue weighted by atomic mass is 32.2. The van der Waals surface area contributed by atoms with Crippen molar-refractivity contribution in [2.24, 2.45) is 0 Å². The predicted octanol–water partition coefficient (Wildman–Crippen LogP) is 3.46. The number of hydrogen-bond acceptors (Lipinski definition) is 5. The molecule has 0 spiro atoms. The maximum absolute atomic E-state index is 11.5. The van der Waals surface area contributed by atoms with Gasteiger partial charge in [0.25, 0.3) is 0 Å². The van der Waals surface area contributed by atoms with E-state index in [4.69, 9.17) is 4.74 Å². The third-order valence-corrected chi connectivity index (χ3v) is 5.09. The van der Waals surface area contributed by atoms with Gasteiger partial charge in [-0.25, -0.2) is 13.4 Å². The number of aromatic nitrogens is 2. The van der Waals surface area contributed by atoms with Crippen LogP contribution in [0.1, 0.15) is 31.7 Å². The summed E-state index contributed by atoms with van der Waals surface area (Å²) in [6.45, 7) is 4.18. The highest BCUT2D eigenvalue weighted by molar-refractivity contribution is 7.92. The lowest BCUT2D eigenvalue weighted by Crippen LogP contribution is -2.09. The predicted molar refractivity (Wildman–Crippen MR) is 114 cm³/mol. The molecule has 1 heterocycles. The smallest absolute Gasteiger partial charge is 0.305 e. The molecule has 0 bridgehead atoms. The number of nitrogens with one attached hydrogen (secondary N) is 1. The Bertz CT molecular complexity index is 1120. The van der Waals surface area contributed by atoms with Gasteiger partial charge < -0.3 is 4.74 Å². The molecule has 0 aliphatic heterocycles. The number of sulfonamides is 1. The van der Waals surface area contributed by atoms with Gasteiger partial charge in [-0.05, 0) is 35.9 Å². The maximum Gasteiger partial charge on any atom is 0.305 e. The first-order valence-corrected chi connectivity index (χ1v) is 11.4. The summed E-state index contributed by atoms with van der Waals surface area (Å²) in [7, 11) is -3.34. The summed E-state index contributed by atoms with van der Waals surface area (Å²) in [6.07, 6.45) is 2.90. The molecule has 0 aliphatic carbocycles. The van der Waals surface area contributed by atoms with Gasteiger partial charge in [-0.1, -0.05) is 26.0 Å². The second-order valence-electron chi connectivity index (χ2n) is 6.79. The molecule has 0 unspecified atom stereocenters. The van der Waals surface area contributed by atoms with Crippen LogP contribution in [-0.4, -0.2) is 36.8 Å². The summed E-state index contributed by atoms with van der Waals surface area (Å²) in [4.78, 5) is 15.9. The van der Waals surface area contributed by atoms with Crippen molar-refractivity contribution in [3.63, 3.8) is 0 Å². The molecule has 1 N–H and O–H groups in total. The van der Waals surface area contributed by atoms with Crippen molar-refractivity contribution < 1.29 is 17.9 Å². The standard InChI is InChI=1S/C21H25N3O4S/c1-4-20-22-18-14-16(23-29(3,26)27)8-11-19(18)24(20)17-9-6-15(7-10-17)12-13-28-21(25)5-2/h6-11,14,23H,4-5,12-13H2,1-3H3. The summed E-state index contributed by atoms with van der Waals surface area (Å²) in [5.74, 6) is 0.699. The van der Waals surface area contributed by atoms with E-state index in [9.17, 15) is 13.2 Å². The number of carbonyl (C=O) groups is 1. The average molecular weight is 416 g/mol. The molecule has 3 rings (SSSR count). The zero-order valence-electron chi connectivity index (χ0n) is 16.8. The van der Waals surface area contributed by atoms with Gasteiger partial charge in [-0.3, -0.25) is 14.1 Å². The number of aryl methyl sites for hydroxylation is 1. The average Bonchev–Trinajstić information content (AvgIpc) is 3.05. The molecule has 0 radical (unpaired) electrons. The summed E-state index contributed by atoms with van der Waals surface area (Å²) in [5, 5.41) is 0. The van der Waals surface area contributed by atoms with Crippen molar-refractivity contribution in [3.8, 4) is 5.69 Å². The van der Waals surface area contributed by atoms with E-state index in [1.807, 2.05) is 37.3 Å². The van der Waals surface area contributed by atoms with E-state index < -0.39 is 10.0 Å². The lowest BCUT2D eigenvalue weighted by molar-refractivity contribution is -0.143. The van der Waals surface area contributed by atoms with Crippen molar-refractivity contribution in [1.29, 1.82) is 0 Å². The molecule has 7 nitrogen and oxygen atoms in total. The summed E-state index contributed by atoms with van der Waals surface area (Å²) in [5.41, 5.74) is 4.18. The number of fused-ring (bicyclic) bond motifs is 1. The lowest BCUT2D eigenvalue weighted by Gasteiger charge is -2.10. The summed E-state index contributed by atoms with van der Waals surface area (Å²) < 4.78 is 32.7. The van der Waals surface area contributed by atoms with Gasteiger partial charge >= 0.3 is 5.97 Å².